The highest BCUT2D eigenvalue weighted by atomic mass is 35.5. The van der Waals surface area contributed by atoms with Gasteiger partial charge in [-0.15, -0.1) is 36.2 Å². The van der Waals surface area contributed by atoms with Crippen molar-refractivity contribution in [3.05, 3.63) is 52.2 Å². The van der Waals surface area contributed by atoms with Crippen LogP contribution in [0.15, 0.2) is 41.8 Å². The predicted molar refractivity (Wildman–Crippen MR) is 105 cm³/mol. The highest BCUT2D eigenvalue weighted by Gasteiger charge is 2.16. The van der Waals surface area contributed by atoms with Crippen LogP contribution in [0.4, 0.5) is 5.69 Å². The quantitative estimate of drug-likeness (QED) is 0.813. The summed E-state index contributed by atoms with van der Waals surface area (Å²) in [4.78, 5) is 6.60. The lowest BCUT2D eigenvalue weighted by molar-refractivity contribution is 0.128. The fourth-order valence-corrected chi connectivity index (χ4v) is 3.54. The second-order valence-electron chi connectivity index (χ2n) is 5.69. The van der Waals surface area contributed by atoms with Crippen molar-refractivity contribution in [2.75, 3.05) is 38.5 Å². The minimum absolute atomic E-state index is 0. The summed E-state index contributed by atoms with van der Waals surface area (Å²) in [6.45, 7) is 6.86. The van der Waals surface area contributed by atoms with Crippen LogP contribution in [0.25, 0.3) is 0 Å². The molecule has 23 heavy (non-hydrogen) atoms. The van der Waals surface area contributed by atoms with Crippen molar-refractivity contribution in [3.8, 4) is 0 Å². The molecule has 6 heteroatoms. The Labute approximate surface area is 155 Å². The molecule has 1 aliphatic heterocycles. The van der Waals surface area contributed by atoms with E-state index in [1.165, 1.54) is 36.5 Å². The summed E-state index contributed by atoms with van der Waals surface area (Å²) in [5.41, 5.74) is 8.03. The van der Waals surface area contributed by atoms with Gasteiger partial charge in [0.05, 0.1) is 0 Å². The Morgan fingerprint density at radius 1 is 0.957 bits per heavy atom. The third-order valence-electron chi connectivity index (χ3n) is 4.08. The topological polar surface area (TPSA) is 32.5 Å². The molecule has 0 spiro atoms. The molecule has 1 aliphatic rings. The number of hydrogen-bond acceptors (Lipinski definition) is 4. The van der Waals surface area contributed by atoms with Crippen molar-refractivity contribution in [1.82, 2.24) is 9.80 Å². The number of nitrogen functional groups attached to an aromatic ring is 1. The van der Waals surface area contributed by atoms with Crippen LogP contribution in [-0.4, -0.2) is 42.5 Å². The Balaban J connectivity index is 0.00000132. The minimum Gasteiger partial charge on any atom is -0.399 e. The molecular weight excluding hydrogens is 349 g/mol. The first-order valence-corrected chi connectivity index (χ1v) is 8.49. The molecule has 3 nitrogen and oxygen atoms in total. The largest absolute Gasteiger partial charge is 0.399 e. The summed E-state index contributed by atoms with van der Waals surface area (Å²) >= 11 is 1.87. The van der Waals surface area contributed by atoms with E-state index in [9.17, 15) is 0 Å². The van der Waals surface area contributed by atoms with Crippen LogP contribution in [0.3, 0.4) is 0 Å². The zero-order valence-corrected chi connectivity index (χ0v) is 15.6. The van der Waals surface area contributed by atoms with E-state index in [2.05, 4.69) is 39.4 Å². The number of halogens is 2. The average molecular weight is 374 g/mol. The van der Waals surface area contributed by atoms with Crippen LogP contribution in [0.5, 0.6) is 0 Å². The lowest BCUT2D eigenvalue weighted by atomic mass is 10.1. The molecule has 0 aliphatic carbocycles. The Kier molecular flexibility index (Phi) is 8.95. The van der Waals surface area contributed by atoms with Gasteiger partial charge in [0.1, 0.15) is 0 Å². The van der Waals surface area contributed by atoms with E-state index < -0.39 is 0 Å². The van der Waals surface area contributed by atoms with Gasteiger partial charge in [0, 0.05) is 49.8 Å². The number of hydrogen-bond donors (Lipinski definition) is 1. The van der Waals surface area contributed by atoms with E-state index in [-0.39, 0.29) is 24.8 Å². The van der Waals surface area contributed by atoms with Gasteiger partial charge in [0.2, 0.25) is 0 Å². The monoisotopic (exact) mass is 373 g/mol. The predicted octanol–water partition coefficient (Wildman–Crippen LogP) is 3.53. The molecule has 1 saturated heterocycles. The number of nitrogens with zero attached hydrogens (tertiary/aromatic N) is 2. The maximum absolute atomic E-state index is 5.85. The summed E-state index contributed by atoms with van der Waals surface area (Å²) in [7, 11) is 0. The van der Waals surface area contributed by atoms with Gasteiger partial charge in [-0.3, -0.25) is 4.90 Å². The van der Waals surface area contributed by atoms with Crippen molar-refractivity contribution < 1.29 is 0 Å². The highest BCUT2D eigenvalue weighted by molar-refractivity contribution is 7.09. The lowest BCUT2D eigenvalue weighted by Crippen LogP contribution is -2.46. The second kappa shape index (κ2) is 10.2. The minimum atomic E-state index is 0. The van der Waals surface area contributed by atoms with E-state index in [0.29, 0.717) is 0 Å². The summed E-state index contributed by atoms with van der Waals surface area (Å²) in [6.07, 6.45) is 1.19. The number of piperazine rings is 1. The first kappa shape index (κ1) is 20.3. The number of nitrogens with two attached hydrogens (primary N) is 1. The maximum Gasteiger partial charge on any atom is 0.0317 e. The van der Waals surface area contributed by atoms with Crippen molar-refractivity contribution in [2.45, 2.75) is 13.0 Å². The fourth-order valence-electron chi connectivity index (χ4n) is 2.84. The first-order chi connectivity index (χ1) is 10.3. The molecule has 2 aromatic rings. The Morgan fingerprint density at radius 3 is 2.35 bits per heavy atom. The molecule has 0 atom stereocenters. The Hall–Kier alpha value is -0.780. The van der Waals surface area contributed by atoms with Crippen LogP contribution in [-0.2, 0) is 13.0 Å². The standard InChI is InChI=1S/C17H23N3S.2ClH/c18-16-4-1-3-15(13-16)14-20-10-8-19(9-11-20)7-6-17-5-2-12-21-17;;/h1-5,12-13H,6-11,14,18H2;2*1H. The number of thiophene rings is 1. The van der Waals surface area contributed by atoms with E-state index in [0.717, 1.165) is 25.3 Å². The molecule has 1 fully saturated rings. The third kappa shape index (κ3) is 6.32. The molecule has 1 aromatic heterocycles. The maximum atomic E-state index is 5.85. The summed E-state index contributed by atoms with van der Waals surface area (Å²) < 4.78 is 0. The molecule has 1 aromatic carbocycles. The van der Waals surface area contributed by atoms with Crippen LogP contribution in [0, 0.1) is 0 Å². The summed E-state index contributed by atoms with van der Waals surface area (Å²) in [5, 5.41) is 2.17. The Morgan fingerprint density at radius 2 is 1.70 bits per heavy atom. The normalized spacial score (nSPS) is 15.7. The fraction of sp³-hybridized carbons (Fsp3) is 0.412. The van der Waals surface area contributed by atoms with Crippen molar-refractivity contribution in [2.24, 2.45) is 0 Å². The molecule has 3 rings (SSSR count). The number of rotatable bonds is 5. The van der Waals surface area contributed by atoms with E-state index in [1.54, 1.807) is 0 Å². The molecule has 2 N–H and O–H groups in total. The smallest absolute Gasteiger partial charge is 0.0317 e. The molecular formula is C17H25Cl2N3S. The van der Waals surface area contributed by atoms with E-state index in [1.807, 2.05) is 23.5 Å². The third-order valence-corrected chi connectivity index (χ3v) is 5.01. The molecule has 0 radical (unpaired) electrons. The van der Waals surface area contributed by atoms with Gasteiger partial charge in [-0.25, -0.2) is 0 Å². The zero-order valence-electron chi connectivity index (χ0n) is 13.2. The van der Waals surface area contributed by atoms with E-state index >= 15 is 0 Å². The van der Waals surface area contributed by atoms with Gasteiger partial charge in [-0.2, -0.15) is 0 Å². The van der Waals surface area contributed by atoms with Gasteiger partial charge in [-0.05, 0) is 35.6 Å². The van der Waals surface area contributed by atoms with Crippen LogP contribution in [0.1, 0.15) is 10.4 Å². The van der Waals surface area contributed by atoms with Crippen molar-refractivity contribution >= 4 is 41.8 Å². The van der Waals surface area contributed by atoms with Gasteiger partial charge in [-0.1, -0.05) is 18.2 Å². The molecule has 128 valence electrons. The second-order valence-corrected chi connectivity index (χ2v) is 6.72. The molecule has 0 bridgehead atoms. The average Bonchev–Trinajstić information content (AvgIpc) is 3.00. The van der Waals surface area contributed by atoms with E-state index in [4.69, 9.17) is 5.73 Å². The zero-order chi connectivity index (χ0) is 14.5. The molecule has 0 unspecified atom stereocenters. The van der Waals surface area contributed by atoms with Crippen LogP contribution in [0.2, 0.25) is 0 Å². The molecule has 2 heterocycles. The van der Waals surface area contributed by atoms with Crippen molar-refractivity contribution in [1.29, 1.82) is 0 Å². The van der Waals surface area contributed by atoms with Gasteiger partial charge >= 0.3 is 0 Å². The van der Waals surface area contributed by atoms with Crippen LogP contribution < -0.4 is 5.73 Å². The summed E-state index contributed by atoms with van der Waals surface area (Å²) in [5.74, 6) is 0. The SMILES string of the molecule is Cl.Cl.Nc1cccc(CN2CCN(CCc3cccs3)CC2)c1. The van der Waals surface area contributed by atoms with Crippen molar-refractivity contribution in [3.63, 3.8) is 0 Å². The van der Waals surface area contributed by atoms with Crippen LogP contribution >= 0.6 is 36.2 Å². The Bertz CT molecular complexity index is 555. The van der Waals surface area contributed by atoms with Gasteiger partial charge in [0.25, 0.3) is 0 Å². The number of anilines is 1. The molecule has 0 amide bonds. The first-order valence-electron chi connectivity index (χ1n) is 7.61. The van der Waals surface area contributed by atoms with Gasteiger partial charge < -0.3 is 10.6 Å². The number of benzene rings is 1. The summed E-state index contributed by atoms with van der Waals surface area (Å²) in [6, 6.07) is 12.6. The lowest BCUT2D eigenvalue weighted by Gasteiger charge is -2.34. The van der Waals surface area contributed by atoms with Gasteiger partial charge in [0.15, 0.2) is 0 Å². The highest BCUT2D eigenvalue weighted by Crippen LogP contribution is 2.13. The molecule has 0 saturated carbocycles.